The number of amides is 1. The molecule has 0 heterocycles. The number of aliphatic hydroxyl groups excluding tert-OH is 1. The van der Waals surface area contributed by atoms with Gasteiger partial charge in [-0.25, -0.2) is 0 Å². The van der Waals surface area contributed by atoms with Crippen molar-refractivity contribution >= 4 is 17.8 Å². The molecular formula is C72H137N3O6. The molecule has 1 fully saturated rings. The molecule has 3 atom stereocenters. The summed E-state index contributed by atoms with van der Waals surface area (Å²) in [7, 11) is 0. The number of nitrogens with one attached hydrogen (secondary N) is 1. The van der Waals surface area contributed by atoms with E-state index < -0.39 is 0 Å². The predicted octanol–water partition coefficient (Wildman–Crippen LogP) is 19.6. The number of carbonyl (C=O) groups excluding carboxylic acids is 3. The van der Waals surface area contributed by atoms with Crippen LogP contribution in [-0.4, -0.2) is 97.9 Å². The van der Waals surface area contributed by atoms with Crippen LogP contribution in [0.2, 0.25) is 0 Å². The first-order valence-electron chi connectivity index (χ1n) is 35.7. The summed E-state index contributed by atoms with van der Waals surface area (Å²) in [5.74, 6) is 1.01. The van der Waals surface area contributed by atoms with E-state index in [9.17, 15) is 19.5 Å². The van der Waals surface area contributed by atoms with E-state index in [4.69, 9.17) is 9.47 Å². The Morgan fingerprint density at radius 1 is 0.457 bits per heavy atom. The Bertz CT molecular complexity index is 1440. The molecule has 0 aromatic rings. The monoisotopic (exact) mass is 1140 g/mol. The second-order valence-corrected chi connectivity index (χ2v) is 25.3. The van der Waals surface area contributed by atoms with E-state index in [0.717, 1.165) is 116 Å². The fraction of sp³-hybridized carbons (Fsp3) is 0.903. The number of carbonyl (C=O) groups is 3. The van der Waals surface area contributed by atoms with Crippen LogP contribution in [0.1, 0.15) is 336 Å². The van der Waals surface area contributed by atoms with Crippen LogP contribution in [0.4, 0.5) is 0 Å². The zero-order chi connectivity index (χ0) is 58.7. The predicted molar refractivity (Wildman–Crippen MR) is 348 cm³/mol. The lowest BCUT2D eigenvalue weighted by Crippen LogP contribution is -2.45. The lowest BCUT2D eigenvalue weighted by atomic mass is 9.91. The number of nitrogens with zero attached hydrogens (tertiary/aromatic N) is 2. The van der Waals surface area contributed by atoms with Crippen molar-refractivity contribution in [3.05, 3.63) is 24.3 Å². The summed E-state index contributed by atoms with van der Waals surface area (Å²) in [6.07, 6.45) is 63.5. The van der Waals surface area contributed by atoms with Crippen molar-refractivity contribution in [1.82, 2.24) is 15.1 Å². The Morgan fingerprint density at radius 2 is 0.901 bits per heavy atom. The second-order valence-electron chi connectivity index (χ2n) is 25.3. The zero-order valence-corrected chi connectivity index (χ0v) is 54.6. The van der Waals surface area contributed by atoms with Crippen molar-refractivity contribution < 1.29 is 29.0 Å². The van der Waals surface area contributed by atoms with Crippen molar-refractivity contribution in [2.24, 2.45) is 17.8 Å². The van der Waals surface area contributed by atoms with Gasteiger partial charge in [0.15, 0.2) is 0 Å². The van der Waals surface area contributed by atoms with Crippen LogP contribution in [0, 0.1) is 17.8 Å². The fourth-order valence-corrected chi connectivity index (χ4v) is 11.8. The van der Waals surface area contributed by atoms with Crippen LogP contribution in [0.5, 0.6) is 0 Å². The first kappa shape index (κ1) is 76.8. The molecule has 0 aliphatic heterocycles. The van der Waals surface area contributed by atoms with Gasteiger partial charge in [-0.2, -0.15) is 0 Å². The van der Waals surface area contributed by atoms with Gasteiger partial charge >= 0.3 is 11.9 Å². The Morgan fingerprint density at radius 3 is 1.47 bits per heavy atom. The number of aliphatic hydroxyl groups is 1. The molecule has 0 spiro atoms. The van der Waals surface area contributed by atoms with Gasteiger partial charge in [-0.3, -0.25) is 24.2 Å². The summed E-state index contributed by atoms with van der Waals surface area (Å²) in [5, 5.41) is 13.4. The first-order valence-corrected chi connectivity index (χ1v) is 35.7. The van der Waals surface area contributed by atoms with Crippen LogP contribution < -0.4 is 5.32 Å². The SMILES string of the molecule is CCCCC/C=C\C/C=C\CCCCCCCC(=O)OCC(CCCCN(CCN(CCO)CCCCCC(=O)NCC(CCCCCC)CCCCCCCC)C1CCC1)COC(=O)CC(CCCCCC)CCCCCCCC. The first-order chi connectivity index (χ1) is 39.8. The van der Waals surface area contributed by atoms with Crippen molar-refractivity contribution in [3.8, 4) is 0 Å². The molecule has 1 aliphatic rings. The number of esters is 2. The molecule has 81 heavy (non-hydrogen) atoms. The number of hydrogen-bond donors (Lipinski definition) is 2. The highest BCUT2D eigenvalue weighted by molar-refractivity contribution is 5.75. The molecule has 1 rings (SSSR count). The van der Waals surface area contributed by atoms with Gasteiger partial charge in [0.1, 0.15) is 0 Å². The van der Waals surface area contributed by atoms with E-state index in [1.807, 2.05) is 0 Å². The topological polar surface area (TPSA) is 108 Å². The largest absolute Gasteiger partial charge is 0.465 e. The van der Waals surface area contributed by atoms with Gasteiger partial charge in [-0.1, -0.05) is 239 Å². The van der Waals surface area contributed by atoms with Crippen LogP contribution in [0.3, 0.4) is 0 Å². The van der Waals surface area contributed by atoms with Gasteiger partial charge in [-0.05, 0) is 128 Å². The molecule has 0 bridgehead atoms. The molecule has 1 aliphatic carbocycles. The maximum Gasteiger partial charge on any atom is 0.306 e. The normalized spacial score (nSPS) is 14.1. The minimum Gasteiger partial charge on any atom is -0.465 e. The van der Waals surface area contributed by atoms with Crippen molar-refractivity contribution in [2.45, 2.75) is 342 Å². The molecule has 0 radical (unpaired) electrons. The summed E-state index contributed by atoms with van der Waals surface area (Å²) < 4.78 is 12.1. The van der Waals surface area contributed by atoms with Gasteiger partial charge in [0.05, 0.1) is 19.8 Å². The van der Waals surface area contributed by atoms with E-state index in [2.05, 4.69) is 74.0 Å². The lowest BCUT2D eigenvalue weighted by Gasteiger charge is -2.39. The van der Waals surface area contributed by atoms with Crippen LogP contribution in [0.15, 0.2) is 24.3 Å². The summed E-state index contributed by atoms with van der Waals surface area (Å²) in [5.41, 5.74) is 0. The average molecular weight is 1140 g/mol. The van der Waals surface area contributed by atoms with E-state index in [1.165, 1.54) is 199 Å². The van der Waals surface area contributed by atoms with Crippen LogP contribution >= 0.6 is 0 Å². The minimum atomic E-state index is -0.122. The maximum atomic E-state index is 13.5. The van der Waals surface area contributed by atoms with Crippen LogP contribution in [0.25, 0.3) is 0 Å². The highest BCUT2D eigenvalue weighted by Gasteiger charge is 2.25. The molecule has 3 unspecified atom stereocenters. The molecule has 0 aromatic carbocycles. The number of allylic oxidation sites excluding steroid dienone is 4. The number of rotatable bonds is 63. The standard InChI is InChI=1S/C72H137N3O6/c1-6-11-16-21-24-25-26-27-28-29-30-31-32-35-42-55-71(78)80-64-68(65-81-72(79)62-66(47-37-19-14-9-4)48-39-33-22-17-12-7-2)51-43-45-57-75(69-52-46-53-69)59-58-74(60-61-76)56-44-36-41-54-70(77)73-63-67(49-38-20-15-10-5)50-40-34-23-18-13-8-3/h24-25,27-28,66-69,76H,6-23,26,29-65H2,1-5H3,(H,73,77)/b25-24-,28-27-. The third kappa shape index (κ3) is 49.7. The van der Waals surface area contributed by atoms with Gasteiger partial charge in [0.25, 0.3) is 0 Å². The Balaban J connectivity index is 2.71. The molecule has 1 amide bonds. The molecular weight excluding hydrogens is 1000 g/mol. The summed E-state index contributed by atoms with van der Waals surface area (Å²) >= 11 is 0. The second kappa shape index (κ2) is 59.5. The van der Waals surface area contributed by atoms with E-state index in [1.54, 1.807) is 0 Å². The third-order valence-corrected chi connectivity index (χ3v) is 17.6. The van der Waals surface area contributed by atoms with E-state index in [-0.39, 0.29) is 30.4 Å². The average Bonchev–Trinajstić information content (AvgIpc) is 3.45. The lowest BCUT2D eigenvalue weighted by molar-refractivity contribution is -0.150. The molecule has 0 aromatic heterocycles. The fourth-order valence-electron chi connectivity index (χ4n) is 11.8. The quantitative estimate of drug-likeness (QED) is 0.0352. The minimum absolute atomic E-state index is 0.000474. The Hall–Kier alpha value is -2.23. The maximum absolute atomic E-state index is 13.5. The van der Waals surface area contributed by atoms with Gasteiger partial charge in [0, 0.05) is 57.4 Å². The number of hydrogen-bond acceptors (Lipinski definition) is 8. The Kier molecular flexibility index (Phi) is 56.4. The van der Waals surface area contributed by atoms with Gasteiger partial charge < -0.3 is 19.9 Å². The van der Waals surface area contributed by atoms with Crippen molar-refractivity contribution in [2.75, 3.05) is 59.1 Å². The summed E-state index contributed by atoms with van der Waals surface area (Å²) in [4.78, 5) is 44.7. The zero-order valence-electron chi connectivity index (χ0n) is 54.6. The third-order valence-electron chi connectivity index (χ3n) is 17.6. The molecule has 1 saturated carbocycles. The van der Waals surface area contributed by atoms with Crippen molar-refractivity contribution in [3.63, 3.8) is 0 Å². The number of ether oxygens (including phenoxy) is 2. The molecule has 2 N–H and O–H groups in total. The molecule has 9 nitrogen and oxygen atoms in total. The van der Waals surface area contributed by atoms with E-state index >= 15 is 0 Å². The van der Waals surface area contributed by atoms with Crippen LogP contribution in [-0.2, 0) is 23.9 Å². The molecule has 0 saturated heterocycles. The number of unbranched alkanes of at least 4 members (excludes halogenated alkanes) is 27. The summed E-state index contributed by atoms with van der Waals surface area (Å²) in [6, 6.07) is 0.624. The molecule has 9 heteroatoms. The highest BCUT2D eigenvalue weighted by Crippen LogP contribution is 2.27. The highest BCUT2D eigenvalue weighted by atomic mass is 16.5. The molecule has 476 valence electrons. The van der Waals surface area contributed by atoms with Crippen molar-refractivity contribution in [1.29, 1.82) is 0 Å². The smallest absolute Gasteiger partial charge is 0.306 e. The van der Waals surface area contributed by atoms with Gasteiger partial charge in [-0.15, -0.1) is 0 Å². The summed E-state index contributed by atoms with van der Waals surface area (Å²) in [6.45, 7) is 17.6. The van der Waals surface area contributed by atoms with E-state index in [0.29, 0.717) is 56.9 Å². The van der Waals surface area contributed by atoms with Gasteiger partial charge in [0.2, 0.25) is 5.91 Å². The Labute approximate surface area is 503 Å².